The highest BCUT2D eigenvalue weighted by Crippen LogP contribution is 2.38. The van der Waals surface area contributed by atoms with Gasteiger partial charge in [0.2, 0.25) is 11.8 Å². The van der Waals surface area contributed by atoms with Crippen LogP contribution in [0.2, 0.25) is 0 Å². The largest absolute Gasteiger partial charge is 0.508 e. The topological polar surface area (TPSA) is 169 Å². The Morgan fingerprint density at radius 2 is 1.65 bits per heavy atom. The van der Waals surface area contributed by atoms with Gasteiger partial charge in [0, 0.05) is 32.7 Å². The number of aliphatic imine (C=N–C) groups is 1. The lowest BCUT2D eigenvalue weighted by Gasteiger charge is -2.29. The number of likely N-dealkylation sites (N-methyl/N-ethyl adjacent to an activating group) is 1. The van der Waals surface area contributed by atoms with Crippen LogP contribution in [0.5, 0.6) is 17.4 Å². The van der Waals surface area contributed by atoms with Crippen molar-refractivity contribution in [1.82, 2.24) is 25.3 Å². The van der Waals surface area contributed by atoms with Gasteiger partial charge < -0.3 is 39.0 Å². The number of likely N-dealkylation sites (tertiary alicyclic amines) is 1. The standard InChI is InChI=1S/C57H64N6O8S/c1-7-46(39-13-9-8-10-14-39)52(40-19-25-44(64)26-20-40)41-21-27-45(28-22-41)69-32-30-62(6)50(65)16-12-31-68-33-34-70-49-35-48(71-61-49)51(37(2)3)55(66)63-29-11-15-47(63)54-59-56(67)57(5,60-54)43-23-17-42(18-24-43)53-38(4)58-36-72-53/h8-10,13-14,17-28,35-37,47,51,64H,7,11-12,15-16,29-34H2,1-6H3,(H,59,60,67)/b52-46+/t47-,51?,57+/m0/s1. The highest BCUT2D eigenvalue weighted by Gasteiger charge is 2.46. The van der Waals surface area contributed by atoms with Gasteiger partial charge in [-0.3, -0.25) is 14.4 Å². The van der Waals surface area contributed by atoms with E-state index in [1.165, 1.54) is 5.57 Å². The molecular formula is C57H64N6O8S. The fourth-order valence-corrected chi connectivity index (χ4v) is 10.2. The number of aromatic nitrogens is 2. The summed E-state index contributed by atoms with van der Waals surface area (Å²) in [6.07, 6.45) is 3.15. The van der Waals surface area contributed by atoms with Crippen LogP contribution in [-0.4, -0.2) is 101 Å². The molecule has 2 aromatic heterocycles. The molecule has 2 N–H and O–H groups in total. The van der Waals surface area contributed by atoms with Crippen molar-refractivity contribution in [2.24, 2.45) is 10.9 Å². The highest BCUT2D eigenvalue weighted by atomic mass is 32.1. The minimum atomic E-state index is -1.13. The van der Waals surface area contributed by atoms with Crippen LogP contribution in [0.25, 0.3) is 21.6 Å². The fraction of sp³-hybridized carbons (Fsp3) is 0.368. The predicted molar refractivity (Wildman–Crippen MR) is 280 cm³/mol. The molecule has 2 aliphatic heterocycles. The van der Waals surface area contributed by atoms with Crippen LogP contribution < -0.4 is 14.8 Å². The second kappa shape index (κ2) is 23.4. The number of thiazole rings is 1. The van der Waals surface area contributed by atoms with E-state index in [1.807, 2.05) is 117 Å². The van der Waals surface area contributed by atoms with Gasteiger partial charge in [-0.05, 0) is 114 Å². The number of nitrogens with one attached hydrogen (secondary N) is 1. The van der Waals surface area contributed by atoms with E-state index in [4.69, 9.17) is 23.7 Å². The number of allylic oxidation sites excluding steroid dienone is 1. The molecule has 72 heavy (non-hydrogen) atoms. The number of carbonyl (C=O) groups excluding carboxylic acids is 3. The Hall–Kier alpha value is -7.10. The molecule has 0 aliphatic carbocycles. The maximum absolute atomic E-state index is 14.3. The predicted octanol–water partition coefficient (Wildman–Crippen LogP) is 10.1. The first kappa shape index (κ1) is 51.3. The van der Waals surface area contributed by atoms with E-state index in [-0.39, 0.29) is 54.5 Å². The average Bonchev–Trinajstić information content (AvgIpc) is 4.22. The Bertz CT molecular complexity index is 2860. The fourth-order valence-electron chi connectivity index (χ4n) is 9.43. The van der Waals surface area contributed by atoms with Crippen molar-refractivity contribution >= 4 is 46.0 Å². The summed E-state index contributed by atoms with van der Waals surface area (Å²) in [5, 5.41) is 17.1. The normalized spacial score (nSPS) is 17.4. The maximum atomic E-state index is 14.3. The van der Waals surface area contributed by atoms with E-state index >= 15 is 0 Å². The molecule has 8 rings (SSSR count). The van der Waals surface area contributed by atoms with Crippen molar-refractivity contribution in [2.45, 2.75) is 84.2 Å². The van der Waals surface area contributed by atoms with Gasteiger partial charge in [-0.1, -0.05) is 99.6 Å². The minimum Gasteiger partial charge on any atom is -0.508 e. The summed E-state index contributed by atoms with van der Waals surface area (Å²) in [4.78, 5) is 54.6. The summed E-state index contributed by atoms with van der Waals surface area (Å²) < 4.78 is 23.4. The first-order chi connectivity index (χ1) is 34.8. The third-order valence-corrected chi connectivity index (χ3v) is 14.4. The Morgan fingerprint density at radius 1 is 0.931 bits per heavy atom. The van der Waals surface area contributed by atoms with E-state index in [9.17, 15) is 19.5 Å². The summed E-state index contributed by atoms with van der Waals surface area (Å²) in [5.74, 6) is 1.01. The van der Waals surface area contributed by atoms with Crippen molar-refractivity contribution < 1.29 is 38.2 Å². The molecule has 4 heterocycles. The van der Waals surface area contributed by atoms with E-state index in [2.05, 4.69) is 34.5 Å². The maximum Gasteiger partial charge on any atom is 0.257 e. The summed E-state index contributed by atoms with van der Waals surface area (Å²) >= 11 is 1.58. The van der Waals surface area contributed by atoms with Crippen LogP contribution in [0.4, 0.5) is 0 Å². The van der Waals surface area contributed by atoms with Crippen LogP contribution in [0.3, 0.4) is 0 Å². The van der Waals surface area contributed by atoms with Gasteiger partial charge in [0.15, 0.2) is 11.3 Å². The second-order valence-electron chi connectivity index (χ2n) is 18.7. The van der Waals surface area contributed by atoms with Crippen molar-refractivity contribution in [1.29, 1.82) is 0 Å². The molecule has 1 saturated heterocycles. The zero-order valence-corrected chi connectivity index (χ0v) is 42.7. The number of rotatable bonds is 22. The van der Waals surface area contributed by atoms with E-state index in [0.717, 1.165) is 56.8 Å². The summed E-state index contributed by atoms with van der Waals surface area (Å²) in [7, 11) is 1.77. The molecule has 0 saturated carbocycles. The van der Waals surface area contributed by atoms with Crippen LogP contribution >= 0.6 is 11.3 Å². The molecule has 6 aromatic rings. The molecule has 1 unspecified atom stereocenters. The number of nitrogens with zero attached hydrogens (tertiary/aromatic N) is 5. The summed E-state index contributed by atoms with van der Waals surface area (Å²) in [5.41, 5.74) is 8.97. The number of phenolic OH excluding ortho intramolecular Hbond substituents is 1. The van der Waals surface area contributed by atoms with E-state index in [1.54, 1.807) is 41.5 Å². The van der Waals surface area contributed by atoms with Gasteiger partial charge in [-0.15, -0.1) is 11.3 Å². The van der Waals surface area contributed by atoms with Gasteiger partial charge >= 0.3 is 0 Å². The molecule has 1 fully saturated rings. The van der Waals surface area contributed by atoms with Gasteiger partial charge in [-0.25, -0.2) is 9.98 Å². The van der Waals surface area contributed by atoms with E-state index in [0.29, 0.717) is 62.9 Å². The van der Waals surface area contributed by atoms with Gasteiger partial charge in [0.1, 0.15) is 36.5 Å². The molecule has 2 aliphatic rings. The molecule has 376 valence electrons. The quantitative estimate of drug-likeness (QED) is 0.0493. The Morgan fingerprint density at radius 3 is 2.33 bits per heavy atom. The first-order valence-corrected chi connectivity index (χ1v) is 25.7. The molecule has 0 spiro atoms. The number of amides is 3. The Kier molecular flexibility index (Phi) is 16.7. The number of hydrogen-bond donors (Lipinski definition) is 2. The molecule has 4 aromatic carbocycles. The van der Waals surface area contributed by atoms with Gasteiger partial charge in [0.05, 0.1) is 35.3 Å². The van der Waals surface area contributed by atoms with Crippen molar-refractivity contribution in [2.75, 3.05) is 46.6 Å². The minimum absolute atomic E-state index is 0.00118. The van der Waals surface area contributed by atoms with Crippen LogP contribution in [-0.2, 0) is 24.7 Å². The molecule has 14 nitrogen and oxygen atoms in total. The molecule has 3 amide bonds. The number of amidine groups is 1. The number of hydrogen-bond acceptors (Lipinski definition) is 12. The molecular weight excluding hydrogens is 929 g/mol. The molecule has 0 bridgehead atoms. The number of carbonyl (C=O) groups is 3. The molecule has 0 radical (unpaired) electrons. The number of phenols is 1. The van der Waals surface area contributed by atoms with Crippen LogP contribution in [0, 0.1) is 12.8 Å². The lowest BCUT2D eigenvalue weighted by Crippen LogP contribution is -2.48. The zero-order valence-electron chi connectivity index (χ0n) is 41.9. The summed E-state index contributed by atoms with van der Waals surface area (Å²) in [6.45, 7) is 12.0. The SMILES string of the molecule is CC/C(=C(/c1ccc(O)cc1)c1ccc(OCCN(C)C(=O)CCCOCCOc2cc(C(C(=O)N3CCC[C@H]3C3=N[C@](C)(c4ccc(-c5scnc5C)cc4)C(=O)N3)C(C)C)on2)cc1)c1ccccc1. The molecule has 3 atom stereocenters. The average molecular weight is 993 g/mol. The van der Waals surface area contributed by atoms with Gasteiger partial charge in [0.25, 0.3) is 11.8 Å². The Labute approximate surface area is 425 Å². The lowest BCUT2D eigenvalue weighted by atomic mass is 9.88. The van der Waals surface area contributed by atoms with Crippen molar-refractivity contribution in [3.8, 4) is 27.8 Å². The highest BCUT2D eigenvalue weighted by molar-refractivity contribution is 7.13. The smallest absolute Gasteiger partial charge is 0.257 e. The Balaban J connectivity index is 0.759. The molecule has 15 heteroatoms. The third-order valence-electron chi connectivity index (χ3n) is 13.4. The zero-order chi connectivity index (χ0) is 50.8. The first-order valence-electron chi connectivity index (χ1n) is 24.8. The third kappa shape index (κ3) is 11.8. The van der Waals surface area contributed by atoms with Crippen LogP contribution in [0.1, 0.15) is 99.4 Å². The number of aromatic hydroxyl groups is 1. The number of benzene rings is 4. The van der Waals surface area contributed by atoms with Crippen molar-refractivity contribution in [3.63, 3.8) is 0 Å². The number of ether oxygens (including phenoxy) is 3. The van der Waals surface area contributed by atoms with Gasteiger partial charge in [-0.2, -0.15) is 0 Å². The van der Waals surface area contributed by atoms with Crippen molar-refractivity contribution in [3.05, 3.63) is 148 Å². The number of aryl methyl sites for hydroxylation is 1. The lowest BCUT2D eigenvalue weighted by molar-refractivity contribution is -0.134. The summed E-state index contributed by atoms with van der Waals surface area (Å²) in [6, 6.07) is 34.8. The van der Waals surface area contributed by atoms with E-state index < -0.39 is 11.5 Å². The second-order valence-corrected chi connectivity index (χ2v) is 19.6. The van der Waals surface area contributed by atoms with Crippen LogP contribution in [0.15, 0.2) is 124 Å². The monoisotopic (exact) mass is 992 g/mol.